The SMILES string of the molecule is COc1cc(C)c(C)cc1S(=O)(=O)N1CCN(C(=O)C(C)Oc2ccc(O)cc2)CC1. The van der Waals surface area contributed by atoms with Crippen LogP contribution in [0.25, 0.3) is 0 Å². The predicted molar refractivity (Wildman–Crippen MR) is 116 cm³/mol. The van der Waals surface area contributed by atoms with E-state index in [4.69, 9.17) is 9.47 Å². The van der Waals surface area contributed by atoms with Crippen LogP contribution in [0.3, 0.4) is 0 Å². The second-order valence-electron chi connectivity index (χ2n) is 7.57. The first-order valence-corrected chi connectivity index (χ1v) is 11.5. The number of phenols is 1. The van der Waals surface area contributed by atoms with Crippen LogP contribution in [-0.4, -0.2) is 68.0 Å². The van der Waals surface area contributed by atoms with Crippen LogP contribution in [0.5, 0.6) is 17.2 Å². The van der Waals surface area contributed by atoms with Crippen molar-refractivity contribution in [3.63, 3.8) is 0 Å². The number of carbonyl (C=O) groups excluding carboxylic acids is 1. The Morgan fingerprint density at radius 2 is 1.61 bits per heavy atom. The number of phenolic OH excluding ortho intramolecular Hbond substituents is 1. The maximum Gasteiger partial charge on any atom is 0.263 e. The molecule has 8 nitrogen and oxygen atoms in total. The Kier molecular flexibility index (Phi) is 6.76. The molecule has 0 radical (unpaired) electrons. The van der Waals surface area contributed by atoms with E-state index in [0.29, 0.717) is 11.5 Å². The number of aryl methyl sites for hydroxylation is 2. The third kappa shape index (κ3) is 4.94. The molecule has 1 N–H and O–H groups in total. The first-order chi connectivity index (χ1) is 14.6. The van der Waals surface area contributed by atoms with Crippen molar-refractivity contribution < 1.29 is 27.8 Å². The lowest BCUT2D eigenvalue weighted by Crippen LogP contribution is -2.53. The van der Waals surface area contributed by atoms with E-state index in [1.807, 2.05) is 13.8 Å². The van der Waals surface area contributed by atoms with Crippen LogP contribution in [0.15, 0.2) is 41.3 Å². The molecule has 168 valence electrons. The molecule has 3 rings (SSSR count). The third-order valence-corrected chi connectivity index (χ3v) is 7.37. The van der Waals surface area contributed by atoms with Gasteiger partial charge in [-0.15, -0.1) is 0 Å². The zero-order valence-corrected chi connectivity index (χ0v) is 19.0. The Morgan fingerprint density at radius 3 is 2.19 bits per heavy atom. The van der Waals surface area contributed by atoms with E-state index < -0.39 is 16.1 Å². The van der Waals surface area contributed by atoms with Crippen LogP contribution in [0.4, 0.5) is 0 Å². The Balaban J connectivity index is 1.66. The lowest BCUT2D eigenvalue weighted by Gasteiger charge is -2.35. The summed E-state index contributed by atoms with van der Waals surface area (Å²) in [6.45, 7) is 6.34. The highest BCUT2D eigenvalue weighted by Gasteiger charge is 2.33. The average molecular weight is 449 g/mol. The molecule has 0 bridgehead atoms. The summed E-state index contributed by atoms with van der Waals surface area (Å²) in [7, 11) is -2.30. The van der Waals surface area contributed by atoms with Crippen LogP contribution >= 0.6 is 0 Å². The molecule has 1 fully saturated rings. The maximum absolute atomic E-state index is 13.2. The van der Waals surface area contributed by atoms with Gasteiger partial charge in [-0.25, -0.2) is 8.42 Å². The van der Waals surface area contributed by atoms with Crippen molar-refractivity contribution in [2.45, 2.75) is 31.8 Å². The topological polar surface area (TPSA) is 96.4 Å². The molecule has 0 spiro atoms. The molecule has 1 atom stereocenters. The van der Waals surface area contributed by atoms with Crippen molar-refractivity contribution in [3.05, 3.63) is 47.5 Å². The lowest BCUT2D eigenvalue weighted by molar-refractivity contribution is -0.139. The zero-order chi connectivity index (χ0) is 22.8. The highest BCUT2D eigenvalue weighted by atomic mass is 32.2. The van der Waals surface area contributed by atoms with Crippen LogP contribution < -0.4 is 9.47 Å². The first kappa shape index (κ1) is 22.9. The first-order valence-electron chi connectivity index (χ1n) is 10.0. The smallest absolute Gasteiger partial charge is 0.263 e. The monoisotopic (exact) mass is 448 g/mol. The van der Waals surface area contributed by atoms with E-state index in [0.717, 1.165) is 11.1 Å². The fraction of sp³-hybridized carbons (Fsp3) is 0.409. The van der Waals surface area contributed by atoms with E-state index in [2.05, 4.69) is 0 Å². The van der Waals surface area contributed by atoms with Crippen molar-refractivity contribution in [3.8, 4) is 17.2 Å². The van der Waals surface area contributed by atoms with Gasteiger partial charge in [0.05, 0.1) is 7.11 Å². The summed E-state index contributed by atoms with van der Waals surface area (Å²) < 4.78 is 38.8. The van der Waals surface area contributed by atoms with Crippen LogP contribution in [0.1, 0.15) is 18.1 Å². The summed E-state index contributed by atoms with van der Waals surface area (Å²) in [5.41, 5.74) is 1.82. The predicted octanol–water partition coefficient (Wildman–Crippen LogP) is 2.32. The molecule has 0 saturated carbocycles. The van der Waals surface area contributed by atoms with Crippen LogP contribution in [0, 0.1) is 13.8 Å². The van der Waals surface area contributed by atoms with Gasteiger partial charge in [0, 0.05) is 26.2 Å². The molecule has 0 aromatic heterocycles. The lowest BCUT2D eigenvalue weighted by atomic mass is 10.1. The highest BCUT2D eigenvalue weighted by Crippen LogP contribution is 2.30. The molecule has 31 heavy (non-hydrogen) atoms. The Morgan fingerprint density at radius 1 is 1.03 bits per heavy atom. The second-order valence-corrected chi connectivity index (χ2v) is 9.48. The van der Waals surface area contributed by atoms with Gasteiger partial charge in [-0.05, 0) is 68.3 Å². The molecule has 1 aliphatic heterocycles. The molecule has 2 aromatic rings. The minimum atomic E-state index is -3.75. The normalized spacial score (nSPS) is 16.1. The number of ether oxygens (including phenoxy) is 2. The molecular formula is C22H28N2O6S. The van der Waals surface area contributed by atoms with E-state index in [1.54, 1.807) is 36.1 Å². The maximum atomic E-state index is 13.2. The number of rotatable bonds is 6. The number of piperazine rings is 1. The average Bonchev–Trinajstić information content (AvgIpc) is 2.76. The van der Waals surface area contributed by atoms with Gasteiger partial charge in [0.1, 0.15) is 22.1 Å². The van der Waals surface area contributed by atoms with Crippen molar-refractivity contribution in [2.75, 3.05) is 33.3 Å². The fourth-order valence-corrected chi connectivity index (χ4v) is 5.09. The van der Waals surface area contributed by atoms with Crippen molar-refractivity contribution >= 4 is 15.9 Å². The fourth-order valence-electron chi connectivity index (χ4n) is 3.45. The summed E-state index contributed by atoms with van der Waals surface area (Å²) in [6.07, 6.45) is -0.729. The summed E-state index contributed by atoms with van der Waals surface area (Å²) in [5, 5.41) is 9.35. The molecule has 1 aliphatic rings. The van der Waals surface area contributed by atoms with Gasteiger partial charge in [-0.3, -0.25) is 4.79 Å². The Labute approximate surface area is 183 Å². The van der Waals surface area contributed by atoms with E-state index >= 15 is 0 Å². The zero-order valence-electron chi connectivity index (χ0n) is 18.2. The number of nitrogens with zero attached hydrogens (tertiary/aromatic N) is 2. The molecule has 1 amide bonds. The standard InChI is InChI=1S/C22H28N2O6S/c1-15-13-20(29-4)21(14-16(15)2)31(27,28)24-11-9-23(10-12-24)22(26)17(3)30-19-7-5-18(25)6-8-19/h5-8,13-14,17,25H,9-12H2,1-4H3. The minimum Gasteiger partial charge on any atom is -0.508 e. The number of amides is 1. The summed E-state index contributed by atoms with van der Waals surface area (Å²) in [5.74, 6) is 0.692. The quantitative estimate of drug-likeness (QED) is 0.729. The number of sulfonamides is 1. The third-order valence-electron chi connectivity index (χ3n) is 5.45. The highest BCUT2D eigenvalue weighted by molar-refractivity contribution is 7.89. The largest absolute Gasteiger partial charge is 0.508 e. The number of hydrogen-bond acceptors (Lipinski definition) is 6. The van der Waals surface area contributed by atoms with Gasteiger partial charge < -0.3 is 19.5 Å². The van der Waals surface area contributed by atoms with E-state index in [-0.39, 0.29) is 42.7 Å². The van der Waals surface area contributed by atoms with Crippen molar-refractivity contribution in [1.29, 1.82) is 0 Å². The number of benzene rings is 2. The Hall–Kier alpha value is -2.78. The van der Waals surface area contributed by atoms with Crippen molar-refractivity contribution in [2.24, 2.45) is 0 Å². The van der Waals surface area contributed by atoms with E-state index in [9.17, 15) is 18.3 Å². The molecule has 1 unspecified atom stereocenters. The number of carbonyl (C=O) groups is 1. The van der Waals surface area contributed by atoms with Gasteiger partial charge in [0.25, 0.3) is 5.91 Å². The summed E-state index contributed by atoms with van der Waals surface area (Å²) in [4.78, 5) is 14.5. The van der Waals surface area contributed by atoms with Crippen LogP contribution in [-0.2, 0) is 14.8 Å². The van der Waals surface area contributed by atoms with Crippen LogP contribution in [0.2, 0.25) is 0 Å². The summed E-state index contributed by atoms with van der Waals surface area (Å²) in [6, 6.07) is 9.49. The second kappa shape index (κ2) is 9.15. The van der Waals surface area contributed by atoms with Gasteiger partial charge in [0.2, 0.25) is 10.0 Å². The van der Waals surface area contributed by atoms with E-state index in [1.165, 1.54) is 23.5 Å². The summed E-state index contributed by atoms with van der Waals surface area (Å²) >= 11 is 0. The number of hydrogen-bond donors (Lipinski definition) is 1. The Bertz CT molecular complexity index is 1040. The number of methoxy groups -OCH3 is 1. The van der Waals surface area contributed by atoms with Crippen molar-refractivity contribution in [1.82, 2.24) is 9.21 Å². The molecule has 0 aliphatic carbocycles. The molecule has 1 saturated heterocycles. The van der Waals surface area contributed by atoms with Gasteiger partial charge in [0.15, 0.2) is 6.10 Å². The van der Waals surface area contributed by atoms with Gasteiger partial charge >= 0.3 is 0 Å². The van der Waals surface area contributed by atoms with Gasteiger partial charge in [-0.2, -0.15) is 4.31 Å². The molecular weight excluding hydrogens is 420 g/mol. The number of aromatic hydroxyl groups is 1. The minimum absolute atomic E-state index is 0.115. The molecule has 2 aromatic carbocycles. The van der Waals surface area contributed by atoms with Gasteiger partial charge in [-0.1, -0.05) is 0 Å². The molecule has 1 heterocycles. The molecule has 9 heteroatoms.